The van der Waals surface area contributed by atoms with Crippen molar-refractivity contribution in [2.75, 3.05) is 0 Å². The molecular weight excluding hydrogens is 324 g/mol. The van der Waals surface area contributed by atoms with Gasteiger partial charge in [-0.1, -0.05) is 60.1 Å². The molecule has 0 spiro atoms. The van der Waals surface area contributed by atoms with E-state index in [2.05, 4.69) is 10.9 Å². The van der Waals surface area contributed by atoms with Crippen LogP contribution < -0.4 is 10.9 Å². The zero-order valence-corrected chi connectivity index (χ0v) is 13.5. The van der Waals surface area contributed by atoms with Gasteiger partial charge < -0.3 is 0 Å². The highest BCUT2D eigenvalue weighted by Gasteiger charge is 2.09. The molecule has 0 bridgehead atoms. The standard InChI is InChI=1S/C19H15ClN2O2/c20-16-9-4-8-15(11-16)19(24)22-21-18(23)12-14-7-3-6-13-5-1-2-10-17(13)14/h1-11H,12H2,(H,21,23)(H,22,24). The van der Waals surface area contributed by atoms with Crippen LogP contribution >= 0.6 is 11.6 Å². The summed E-state index contributed by atoms with van der Waals surface area (Å²) in [6.45, 7) is 0. The molecule has 0 heterocycles. The minimum absolute atomic E-state index is 0.178. The molecule has 2 N–H and O–H groups in total. The molecule has 3 aromatic rings. The Morgan fingerprint density at radius 1 is 0.875 bits per heavy atom. The molecular formula is C19H15ClN2O2. The first-order chi connectivity index (χ1) is 11.6. The van der Waals surface area contributed by atoms with Crippen LogP contribution in [0.25, 0.3) is 10.8 Å². The van der Waals surface area contributed by atoms with Gasteiger partial charge in [0.25, 0.3) is 5.91 Å². The predicted molar refractivity (Wildman–Crippen MR) is 94.7 cm³/mol. The summed E-state index contributed by atoms with van der Waals surface area (Å²) in [6, 6.07) is 20.2. The average Bonchev–Trinajstić information content (AvgIpc) is 2.60. The van der Waals surface area contributed by atoms with Crippen LogP contribution in [0.5, 0.6) is 0 Å². The number of carbonyl (C=O) groups is 2. The third kappa shape index (κ3) is 3.73. The lowest BCUT2D eigenvalue weighted by Crippen LogP contribution is -2.42. The number of rotatable bonds is 3. The van der Waals surface area contributed by atoms with E-state index in [1.807, 2.05) is 42.5 Å². The molecule has 4 nitrogen and oxygen atoms in total. The van der Waals surface area contributed by atoms with E-state index in [0.717, 1.165) is 16.3 Å². The summed E-state index contributed by atoms with van der Waals surface area (Å²) in [5.74, 6) is -0.703. The lowest BCUT2D eigenvalue weighted by molar-refractivity contribution is -0.121. The zero-order valence-electron chi connectivity index (χ0n) is 12.8. The summed E-state index contributed by atoms with van der Waals surface area (Å²) in [7, 11) is 0. The summed E-state index contributed by atoms with van der Waals surface area (Å²) < 4.78 is 0. The molecule has 0 radical (unpaired) electrons. The van der Waals surface area contributed by atoms with Crippen LogP contribution in [0.15, 0.2) is 66.7 Å². The van der Waals surface area contributed by atoms with E-state index in [1.165, 1.54) is 6.07 Å². The van der Waals surface area contributed by atoms with E-state index >= 15 is 0 Å². The monoisotopic (exact) mass is 338 g/mol. The van der Waals surface area contributed by atoms with Gasteiger partial charge in [0.15, 0.2) is 0 Å². The van der Waals surface area contributed by atoms with E-state index in [-0.39, 0.29) is 12.3 Å². The minimum Gasteiger partial charge on any atom is -0.273 e. The second-order valence-electron chi connectivity index (χ2n) is 5.33. The molecule has 0 aliphatic heterocycles. The molecule has 0 saturated carbocycles. The van der Waals surface area contributed by atoms with Crippen molar-refractivity contribution < 1.29 is 9.59 Å². The quantitative estimate of drug-likeness (QED) is 0.718. The Morgan fingerprint density at radius 3 is 2.46 bits per heavy atom. The van der Waals surface area contributed by atoms with Crippen LogP contribution in [0.3, 0.4) is 0 Å². The third-order valence-corrected chi connectivity index (χ3v) is 3.87. The van der Waals surface area contributed by atoms with Crippen molar-refractivity contribution in [3.8, 4) is 0 Å². The van der Waals surface area contributed by atoms with Crippen molar-refractivity contribution in [2.45, 2.75) is 6.42 Å². The normalized spacial score (nSPS) is 10.4. The van der Waals surface area contributed by atoms with Crippen LogP contribution in [-0.2, 0) is 11.2 Å². The zero-order chi connectivity index (χ0) is 16.9. The predicted octanol–water partition coefficient (Wildman–Crippen LogP) is 3.50. The highest BCUT2D eigenvalue weighted by molar-refractivity contribution is 6.30. The molecule has 120 valence electrons. The molecule has 3 rings (SSSR count). The molecule has 2 amide bonds. The topological polar surface area (TPSA) is 58.2 Å². The number of amides is 2. The number of hydrazine groups is 1. The number of hydrogen-bond donors (Lipinski definition) is 2. The van der Waals surface area contributed by atoms with Crippen molar-refractivity contribution in [3.63, 3.8) is 0 Å². The van der Waals surface area contributed by atoms with Gasteiger partial charge in [0.1, 0.15) is 0 Å². The molecule has 3 aromatic carbocycles. The van der Waals surface area contributed by atoms with Crippen molar-refractivity contribution in [1.82, 2.24) is 10.9 Å². The van der Waals surface area contributed by atoms with Crippen LogP contribution in [0.1, 0.15) is 15.9 Å². The van der Waals surface area contributed by atoms with Crippen molar-refractivity contribution >= 4 is 34.2 Å². The fraction of sp³-hybridized carbons (Fsp3) is 0.0526. The second-order valence-corrected chi connectivity index (χ2v) is 5.76. The third-order valence-electron chi connectivity index (χ3n) is 3.63. The van der Waals surface area contributed by atoms with Gasteiger partial charge >= 0.3 is 0 Å². The number of nitrogens with one attached hydrogen (secondary N) is 2. The fourth-order valence-electron chi connectivity index (χ4n) is 2.49. The van der Waals surface area contributed by atoms with Crippen LogP contribution in [0.4, 0.5) is 0 Å². The molecule has 0 saturated heterocycles. The van der Waals surface area contributed by atoms with Gasteiger partial charge in [0, 0.05) is 10.6 Å². The molecule has 5 heteroatoms. The second kappa shape index (κ2) is 7.15. The maximum absolute atomic E-state index is 12.1. The first kappa shape index (κ1) is 16.0. The highest BCUT2D eigenvalue weighted by Crippen LogP contribution is 2.18. The summed E-state index contributed by atoms with van der Waals surface area (Å²) in [4.78, 5) is 24.1. The van der Waals surface area contributed by atoms with Gasteiger partial charge in [0.2, 0.25) is 5.91 Å². The fourth-order valence-corrected chi connectivity index (χ4v) is 2.68. The Labute approximate surface area is 144 Å². The maximum Gasteiger partial charge on any atom is 0.269 e. The van der Waals surface area contributed by atoms with Crippen LogP contribution in [-0.4, -0.2) is 11.8 Å². The first-order valence-electron chi connectivity index (χ1n) is 7.45. The maximum atomic E-state index is 12.1. The Hall–Kier alpha value is -2.85. The molecule has 0 aliphatic carbocycles. The van der Waals surface area contributed by atoms with Gasteiger partial charge in [-0.2, -0.15) is 0 Å². The lowest BCUT2D eigenvalue weighted by Gasteiger charge is -2.09. The Kier molecular flexibility index (Phi) is 4.77. The first-order valence-corrected chi connectivity index (χ1v) is 7.83. The Balaban J connectivity index is 1.64. The number of benzene rings is 3. The van der Waals surface area contributed by atoms with E-state index < -0.39 is 5.91 Å². The molecule has 0 aromatic heterocycles. The number of hydrogen-bond acceptors (Lipinski definition) is 2. The van der Waals surface area contributed by atoms with Crippen molar-refractivity contribution in [1.29, 1.82) is 0 Å². The smallest absolute Gasteiger partial charge is 0.269 e. The largest absolute Gasteiger partial charge is 0.273 e. The van der Waals surface area contributed by atoms with Gasteiger partial charge in [-0.05, 0) is 34.5 Å². The van der Waals surface area contributed by atoms with Crippen molar-refractivity contribution in [3.05, 3.63) is 82.9 Å². The van der Waals surface area contributed by atoms with Gasteiger partial charge in [-0.15, -0.1) is 0 Å². The average molecular weight is 339 g/mol. The van der Waals surface area contributed by atoms with Gasteiger partial charge in [-0.3, -0.25) is 20.4 Å². The number of fused-ring (bicyclic) bond motifs is 1. The molecule has 0 atom stereocenters. The minimum atomic E-state index is -0.413. The van der Waals surface area contributed by atoms with Crippen molar-refractivity contribution in [2.24, 2.45) is 0 Å². The van der Waals surface area contributed by atoms with E-state index in [0.29, 0.717) is 10.6 Å². The Morgan fingerprint density at radius 2 is 1.62 bits per heavy atom. The SMILES string of the molecule is O=C(Cc1cccc2ccccc12)NNC(=O)c1cccc(Cl)c1. The van der Waals surface area contributed by atoms with Crippen LogP contribution in [0.2, 0.25) is 5.02 Å². The summed E-state index contributed by atoms with van der Waals surface area (Å²) >= 11 is 5.85. The number of halogens is 1. The van der Waals surface area contributed by atoms with Crippen LogP contribution in [0, 0.1) is 0 Å². The van der Waals surface area contributed by atoms with Gasteiger partial charge in [-0.25, -0.2) is 0 Å². The molecule has 0 aliphatic rings. The number of carbonyl (C=O) groups excluding carboxylic acids is 2. The molecule has 0 fully saturated rings. The highest BCUT2D eigenvalue weighted by atomic mass is 35.5. The summed E-state index contributed by atoms with van der Waals surface area (Å²) in [5.41, 5.74) is 6.12. The lowest BCUT2D eigenvalue weighted by atomic mass is 10.0. The summed E-state index contributed by atoms with van der Waals surface area (Å²) in [6.07, 6.45) is 0.178. The van der Waals surface area contributed by atoms with E-state index in [1.54, 1.807) is 18.2 Å². The molecule has 0 unspecified atom stereocenters. The Bertz CT molecular complexity index is 903. The summed E-state index contributed by atoms with van der Waals surface area (Å²) in [5, 5.41) is 2.56. The molecule has 24 heavy (non-hydrogen) atoms. The van der Waals surface area contributed by atoms with E-state index in [4.69, 9.17) is 11.6 Å². The van der Waals surface area contributed by atoms with E-state index in [9.17, 15) is 9.59 Å². The van der Waals surface area contributed by atoms with Gasteiger partial charge in [0.05, 0.1) is 6.42 Å².